The van der Waals surface area contributed by atoms with E-state index >= 15 is 0 Å². The van der Waals surface area contributed by atoms with Crippen molar-refractivity contribution < 1.29 is 23.4 Å². The van der Waals surface area contributed by atoms with Crippen LogP contribution in [0.4, 0.5) is 0 Å². The van der Waals surface area contributed by atoms with Gasteiger partial charge in [0.1, 0.15) is 31.1 Å². The molecule has 0 spiro atoms. The van der Waals surface area contributed by atoms with Gasteiger partial charge < -0.3 is 18.6 Å². The highest BCUT2D eigenvalue weighted by Gasteiger charge is 2.29. The van der Waals surface area contributed by atoms with E-state index in [2.05, 4.69) is 11.1 Å². The fourth-order valence-electron chi connectivity index (χ4n) is 4.05. The van der Waals surface area contributed by atoms with Gasteiger partial charge in [0.05, 0.1) is 12.1 Å². The molecule has 7 heteroatoms. The second-order valence-corrected chi connectivity index (χ2v) is 8.87. The van der Waals surface area contributed by atoms with Gasteiger partial charge in [-0.1, -0.05) is 25.7 Å². The van der Waals surface area contributed by atoms with Crippen LogP contribution in [0.5, 0.6) is 0 Å². The van der Waals surface area contributed by atoms with Crippen molar-refractivity contribution in [2.75, 3.05) is 27.7 Å². The molecule has 2 heterocycles. The number of aromatic nitrogens is 1. The number of hydrogen-bond acceptors (Lipinski definition) is 6. The van der Waals surface area contributed by atoms with Gasteiger partial charge in [0.2, 0.25) is 5.91 Å². The van der Waals surface area contributed by atoms with Crippen LogP contribution < -0.4 is 0 Å². The molecule has 2 saturated carbocycles. The minimum atomic E-state index is -0.370. The van der Waals surface area contributed by atoms with Crippen molar-refractivity contribution in [3.63, 3.8) is 0 Å². The average Bonchev–Trinajstić information content (AvgIpc) is 3.70. The SMILES string of the molecule is COCO[C@H](CCC1CC1)N(COC)C(=O)Cc1nccc2oc(CCC3CC3)cc12. The molecule has 2 aromatic rings. The summed E-state index contributed by atoms with van der Waals surface area (Å²) >= 11 is 0. The summed E-state index contributed by atoms with van der Waals surface area (Å²) in [6.07, 6.45) is 10.7. The Morgan fingerprint density at radius 3 is 2.68 bits per heavy atom. The van der Waals surface area contributed by atoms with Crippen molar-refractivity contribution >= 4 is 16.9 Å². The molecule has 2 aliphatic rings. The third-order valence-corrected chi connectivity index (χ3v) is 6.23. The van der Waals surface area contributed by atoms with Crippen LogP contribution in [0.3, 0.4) is 0 Å². The maximum absolute atomic E-state index is 13.3. The highest BCUT2D eigenvalue weighted by molar-refractivity contribution is 5.86. The highest BCUT2D eigenvalue weighted by atomic mass is 16.7. The van der Waals surface area contributed by atoms with Crippen molar-refractivity contribution in [1.82, 2.24) is 9.88 Å². The summed E-state index contributed by atoms with van der Waals surface area (Å²) in [6.45, 7) is 0.314. The molecular formula is C24H34N2O5. The van der Waals surface area contributed by atoms with Crippen LogP contribution in [0.2, 0.25) is 0 Å². The Morgan fingerprint density at radius 2 is 1.97 bits per heavy atom. The normalized spacial score (nSPS) is 17.2. The maximum atomic E-state index is 13.3. The molecule has 0 radical (unpaired) electrons. The van der Waals surface area contributed by atoms with Crippen molar-refractivity contribution in [2.45, 2.75) is 64.0 Å². The minimum absolute atomic E-state index is 0.0699. The van der Waals surface area contributed by atoms with Crippen LogP contribution in [0, 0.1) is 11.8 Å². The molecular weight excluding hydrogens is 396 g/mol. The second-order valence-electron chi connectivity index (χ2n) is 8.87. The summed E-state index contributed by atoms with van der Waals surface area (Å²) in [6, 6.07) is 3.93. The molecule has 0 saturated heterocycles. The van der Waals surface area contributed by atoms with E-state index in [1.807, 2.05) is 6.07 Å². The second kappa shape index (κ2) is 10.6. The van der Waals surface area contributed by atoms with Crippen LogP contribution >= 0.6 is 0 Å². The van der Waals surface area contributed by atoms with Gasteiger partial charge in [-0.2, -0.15) is 0 Å². The third kappa shape index (κ3) is 6.28. The summed E-state index contributed by atoms with van der Waals surface area (Å²) in [5, 5.41) is 0.923. The molecule has 170 valence electrons. The first kappa shape index (κ1) is 22.2. The molecule has 4 rings (SSSR count). The molecule has 0 unspecified atom stereocenters. The topological polar surface area (TPSA) is 74.0 Å². The monoisotopic (exact) mass is 430 g/mol. The number of furan rings is 1. The Hall–Kier alpha value is -1.96. The number of methoxy groups -OCH3 is 2. The van der Waals surface area contributed by atoms with Crippen molar-refractivity contribution in [3.8, 4) is 0 Å². The number of amides is 1. The van der Waals surface area contributed by atoms with Crippen molar-refractivity contribution in [1.29, 1.82) is 0 Å². The smallest absolute Gasteiger partial charge is 0.232 e. The Labute approximate surface area is 184 Å². The van der Waals surface area contributed by atoms with E-state index in [9.17, 15) is 4.79 Å². The van der Waals surface area contributed by atoms with E-state index in [4.69, 9.17) is 18.6 Å². The minimum Gasteiger partial charge on any atom is -0.461 e. The fraction of sp³-hybridized carbons (Fsp3) is 0.667. The molecule has 1 atom stereocenters. The summed E-state index contributed by atoms with van der Waals surface area (Å²) < 4.78 is 22.3. The predicted octanol–water partition coefficient (Wildman–Crippen LogP) is 4.28. The Morgan fingerprint density at radius 1 is 1.19 bits per heavy atom. The van der Waals surface area contributed by atoms with Gasteiger partial charge in [-0.3, -0.25) is 14.7 Å². The zero-order chi connectivity index (χ0) is 21.6. The molecule has 0 bridgehead atoms. The lowest BCUT2D eigenvalue weighted by Gasteiger charge is -2.31. The van der Waals surface area contributed by atoms with E-state index in [0.29, 0.717) is 0 Å². The Balaban J connectivity index is 1.46. The number of carbonyl (C=O) groups excluding carboxylic acids is 1. The Kier molecular flexibility index (Phi) is 7.58. The summed E-state index contributed by atoms with van der Waals surface area (Å²) in [4.78, 5) is 19.5. The lowest BCUT2D eigenvalue weighted by molar-refractivity contribution is -0.174. The van der Waals surface area contributed by atoms with E-state index in [-0.39, 0.29) is 32.1 Å². The van der Waals surface area contributed by atoms with Crippen LogP contribution in [0.25, 0.3) is 11.0 Å². The number of carbonyl (C=O) groups is 1. The van der Waals surface area contributed by atoms with Gasteiger partial charge in [-0.25, -0.2) is 0 Å². The summed E-state index contributed by atoms with van der Waals surface area (Å²) in [5.74, 6) is 2.51. The number of hydrogen-bond donors (Lipinski definition) is 0. The van der Waals surface area contributed by atoms with Crippen LogP contribution in [-0.4, -0.2) is 49.8 Å². The average molecular weight is 431 g/mol. The maximum Gasteiger partial charge on any atom is 0.232 e. The van der Waals surface area contributed by atoms with E-state index in [0.717, 1.165) is 53.5 Å². The van der Waals surface area contributed by atoms with Gasteiger partial charge in [-0.15, -0.1) is 0 Å². The number of fused-ring (bicyclic) bond motifs is 1. The molecule has 1 amide bonds. The van der Waals surface area contributed by atoms with Crippen LogP contribution in [0.15, 0.2) is 22.7 Å². The molecule has 2 fully saturated rings. The molecule has 2 aliphatic carbocycles. The third-order valence-electron chi connectivity index (χ3n) is 6.23. The number of ether oxygens (including phenoxy) is 3. The molecule has 0 aliphatic heterocycles. The molecule has 0 N–H and O–H groups in total. The van der Waals surface area contributed by atoms with Crippen LogP contribution in [-0.2, 0) is 31.8 Å². The number of rotatable bonds is 14. The molecule has 2 aromatic heterocycles. The summed E-state index contributed by atoms with van der Waals surface area (Å²) in [5.41, 5.74) is 1.53. The predicted molar refractivity (Wildman–Crippen MR) is 116 cm³/mol. The van der Waals surface area contributed by atoms with Crippen molar-refractivity contribution in [2.24, 2.45) is 11.8 Å². The van der Waals surface area contributed by atoms with Crippen molar-refractivity contribution in [3.05, 3.63) is 29.8 Å². The van der Waals surface area contributed by atoms with Gasteiger partial charge in [-0.05, 0) is 43.2 Å². The largest absolute Gasteiger partial charge is 0.461 e. The zero-order valence-electron chi connectivity index (χ0n) is 18.7. The van der Waals surface area contributed by atoms with Crippen LogP contribution in [0.1, 0.15) is 56.4 Å². The van der Waals surface area contributed by atoms with E-state index in [1.54, 1.807) is 25.3 Å². The Bertz CT molecular complexity index is 859. The molecule has 7 nitrogen and oxygen atoms in total. The van der Waals surface area contributed by atoms with Gasteiger partial charge >= 0.3 is 0 Å². The van der Waals surface area contributed by atoms with Gasteiger partial charge in [0, 0.05) is 32.2 Å². The first-order valence-electron chi connectivity index (χ1n) is 11.4. The van der Waals surface area contributed by atoms with E-state index < -0.39 is 0 Å². The molecule has 0 aromatic carbocycles. The lowest BCUT2D eigenvalue weighted by atomic mass is 10.1. The first-order valence-corrected chi connectivity index (χ1v) is 11.4. The number of pyridine rings is 1. The standard InChI is InChI=1S/C24H34N2O5/c1-28-15-26(24(30-16-29-2)10-8-18-5-6-18)23(27)14-21-20-13-19(9-7-17-3-4-17)31-22(20)11-12-25-21/h11-13,17-18,24H,3-10,14-16H2,1-2H3/t24-/m1/s1. The first-order chi connectivity index (χ1) is 15.2. The molecule has 31 heavy (non-hydrogen) atoms. The highest BCUT2D eigenvalue weighted by Crippen LogP contribution is 2.35. The number of aryl methyl sites for hydroxylation is 1. The van der Waals surface area contributed by atoms with Gasteiger partial charge in [0.25, 0.3) is 0 Å². The quantitative estimate of drug-likeness (QED) is 0.417. The summed E-state index contributed by atoms with van der Waals surface area (Å²) in [7, 11) is 3.18. The fourth-order valence-corrected chi connectivity index (χ4v) is 4.05. The van der Waals surface area contributed by atoms with E-state index in [1.165, 1.54) is 32.1 Å². The zero-order valence-corrected chi connectivity index (χ0v) is 18.7. The van der Waals surface area contributed by atoms with Gasteiger partial charge in [0.15, 0.2) is 0 Å². The lowest BCUT2D eigenvalue weighted by Crippen LogP contribution is -2.44. The number of nitrogens with zero attached hydrogens (tertiary/aromatic N) is 2.